The molecule has 68 valence electrons. The number of hydrogen-bond acceptors (Lipinski definition) is 2. The molecule has 1 aromatic carbocycles. The van der Waals surface area contributed by atoms with Gasteiger partial charge < -0.3 is 5.73 Å². The minimum absolute atomic E-state index is 0.809. The van der Waals surface area contributed by atoms with Crippen molar-refractivity contribution in [1.82, 2.24) is 0 Å². The van der Waals surface area contributed by atoms with E-state index in [9.17, 15) is 0 Å². The Morgan fingerprint density at radius 1 is 1.17 bits per heavy atom. The molecule has 0 amide bonds. The van der Waals surface area contributed by atoms with Crippen LogP contribution in [0.15, 0.2) is 24.3 Å². The van der Waals surface area contributed by atoms with Crippen LogP contribution in [0.1, 0.15) is 5.56 Å². The van der Waals surface area contributed by atoms with E-state index >= 15 is 0 Å². The van der Waals surface area contributed by atoms with Gasteiger partial charge in [0.2, 0.25) is 0 Å². The molecule has 3 heteroatoms. The van der Waals surface area contributed by atoms with E-state index in [0.717, 1.165) is 11.4 Å². The molecule has 0 saturated carbocycles. The maximum Gasteiger partial charge on any atom is 0.0314 e. The van der Waals surface area contributed by atoms with Crippen LogP contribution in [-0.4, -0.2) is 12.5 Å². The maximum atomic E-state index is 5.96. The van der Waals surface area contributed by atoms with Gasteiger partial charge in [-0.25, -0.2) is 0 Å². The Kier molecular flexibility index (Phi) is 2.65. The molecule has 0 aromatic heterocycles. The third-order valence-electron chi connectivity index (χ3n) is 1.52. The fourth-order valence-corrected chi connectivity index (χ4v) is 2.09. The third kappa shape index (κ3) is 3.15. The molecule has 1 aromatic rings. The van der Waals surface area contributed by atoms with Gasteiger partial charge in [-0.05, 0) is 30.2 Å². The van der Waals surface area contributed by atoms with Gasteiger partial charge in [0.1, 0.15) is 0 Å². The van der Waals surface area contributed by atoms with E-state index in [2.05, 4.69) is 12.5 Å². The molecular formula is C9H16N2S. The fraction of sp³-hybridized carbons (Fsp3) is 0.333. The summed E-state index contributed by atoms with van der Waals surface area (Å²) in [6.07, 6.45) is 4.20. The third-order valence-corrected chi connectivity index (χ3v) is 2.60. The van der Waals surface area contributed by atoms with Crippen LogP contribution in [0, 0.1) is 0 Å². The monoisotopic (exact) mass is 184 g/mol. The average molecular weight is 184 g/mol. The quantitative estimate of drug-likeness (QED) is 0.687. The Balaban J connectivity index is 2.71. The molecule has 2 nitrogen and oxygen atoms in total. The SMILES string of the molecule is CS(C)(N)Cc1ccc(N)cc1. The van der Waals surface area contributed by atoms with Crippen molar-refractivity contribution in [3.05, 3.63) is 29.8 Å². The summed E-state index contributed by atoms with van der Waals surface area (Å²) in [5.74, 6) is 0.966. The molecule has 12 heavy (non-hydrogen) atoms. The van der Waals surface area contributed by atoms with Crippen LogP contribution < -0.4 is 10.9 Å². The molecule has 0 unspecified atom stereocenters. The molecule has 0 radical (unpaired) electrons. The summed E-state index contributed by atoms with van der Waals surface area (Å²) in [5.41, 5.74) is 7.64. The number of benzene rings is 1. The van der Waals surface area contributed by atoms with E-state index < -0.39 is 10.2 Å². The molecule has 0 saturated heterocycles. The highest BCUT2D eigenvalue weighted by atomic mass is 32.3. The zero-order valence-electron chi connectivity index (χ0n) is 7.58. The second-order valence-corrected chi connectivity index (χ2v) is 7.05. The lowest BCUT2D eigenvalue weighted by atomic mass is 10.2. The lowest BCUT2D eigenvalue weighted by molar-refractivity contribution is 1.38. The van der Waals surface area contributed by atoms with Crippen molar-refractivity contribution in [2.75, 3.05) is 18.2 Å². The van der Waals surface area contributed by atoms with Crippen LogP contribution in [0.5, 0.6) is 0 Å². The lowest BCUT2D eigenvalue weighted by Gasteiger charge is -2.24. The Hall–Kier alpha value is -0.670. The molecule has 1 rings (SSSR count). The number of rotatable bonds is 2. The van der Waals surface area contributed by atoms with Crippen LogP contribution in [0.2, 0.25) is 0 Å². The highest BCUT2D eigenvalue weighted by Crippen LogP contribution is 2.34. The van der Waals surface area contributed by atoms with Crippen molar-refractivity contribution in [3.8, 4) is 0 Å². The van der Waals surface area contributed by atoms with Crippen molar-refractivity contribution in [1.29, 1.82) is 0 Å². The minimum atomic E-state index is -0.931. The molecule has 0 heterocycles. The van der Waals surface area contributed by atoms with Crippen LogP contribution in [-0.2, 0) is 5.75 Å². The smallest absolute Gasteiger partial charge is 0.0314 e. The van der Waals surface area contributed by atoms with E-state index in [1.54, 1.807) is 0 Å². The Morgan fingerprint density at radius 3 is 2.08 bits per heavy atom. The maximum absolute atomic E-state index is 5.96. The van der Waals surface area contributed by atoms with E-state index in [1.807, 2.05) is 24.3 Å². The predicted octanol–water partition coefficient (Wildman–Crippen LogP) is 1.71. The second kappa shape index (κ2) is 3.37. The van der Waals surface area contributed by atoms with Crippen molar-refractivity contribution >= 4 is 15.9 Å². The summed E-state index contributed by atoms with van der Waals surface area (Å²) in [7, 11) is -0.931. The van der Waals surface area contributed by atoms with Crippen molar-refractivity contribution < 1.29 is 0 Å². The molecule has 0 atom stereocenters. The molecule has 0 fully saturated rings. The van der Waals surface area contributed by atoms with Gasteiger partial charge in [-0.2, -0.15) is 10.2 Å². The molecule has 0 aliphatic carbocycles. The first-order valence-corrected chi connectivity index (χ1v) is 6.49. The van der Waals surface area contributed by atoms with Gasteiger partial charge in [0.15, 0.2) is 0 Å². The number of nitrogens with two attached hydrogens (primary N) is 2. The standard InChI is InChI=1S/C9H16N2S/c1-12(2,11)7-8-3-5-9(10)6-4-8/h3-6H,7,10-11H2,1-2H3. The first-order valence-electron chi connectivity index (χ1n) is 3.80. The fourth-order valence-electron chi connectivity index (χ4n) is 1.04. The Labute approximate surface area is 75.4 Å². The number of nitrogen functional groups attached to an aromatic ring is 1. The summed E-state index contributed by atoms with van der Waals surface area (Å²) in [6, 6.07) is 7.91. The Morgan fingerprint density at radius 2 is 1.67 bits per heavy atom. The normalized spacial score (nSPS) is 12.9. The summed E-state index contributed by atoms with van der Waals surface area (Å²) in [4.78, 5) is 0. The van der Waals surface area contributed by atoms with Crippen LogP contribution >= 0.6 is 10.2 Å². The molecule has 0 aliphatic rings. The van der Waals surface area contributed by atoms with Gasteiger partial charge in [-0.3, -0.25) is 5.14 Å². The minimum Gasteiger partial charge on any atom is -0.399 e. The first kappa shape index (κ1) is 9.42. The van der Waals surface area contributed by atoms with Crippen LogP contribution in [0.3, 0.4) is 0 Å². The number of anilines is 1. The molecule has 0 spiro atoms. The lowest BCUT2D eigenvalue weighted by Crippen LogP contribution is -2.09. The molecular weight excluding hydrogens is 168 g/mol. The summed E-state index contributed by atoms with van der Waals surface area (Å²) >= 11 is 0. The van der Waals surface area contributed by atoms with Crippen molar-refractivity contribution in [3.63, 3.8) is 0 Å². The Bertz CT molecular complexity index is 248. The second-order valence-electron chi connectivity index (χ2n) is 3.51. The zero-order chi connectivity index (χ0) is 9.19. The van der Waals surface area contributed by atoms with Crippen molar-refractivity contribution in [2.45, 2.75) is 5.75 Å². The van der Waals surface area contributed by atoms with Crippen LogP contribution in [0.25, 0.3) is 0 Å². The van der Waals surface area contributed by atoms with Gasteiger partial charge >= 0.3 is 0 Å². The molecule has 4 N–H and O–H groups in total. The highest BCUT2D eigenvalue weighted by Gasteiger charge is 2.04. The topological polar surface area (TPSA) is 52.0 Å². The van der Waals surface area contributed by atoms with Crippen LogP contribution in [0.4, 0.5) is 5.69 Å². The molecule has 0 bridgehead atoms. The first-order chi connectivity index (χ1) is 5.47. The van der Waals surface area contributed by atoms with E-state index in [-0.39, 0.29) is 0 Å². The summed E-state index contributed by atoms with van der Waals surface area (Å²) in [6.45, 7) is 0. The summed E-state index contributed by atoms with van der Waals surface area (Å²) in [5, 5.41) is 5.96. The summed E-state index contributed by atoms with van der Waals surface area (Å²) < 4.78 is 0. The average Bonchev–Trinajstić information content (AvgIpc) is 1.91. The van der Waals surface area contributed by atoms with Gasteiger partial charge in [0.05, 0.1) is 0 Å². The van der Waals surface area contributed by atoms with Gasteiger partial charge in [-0.1, -0.05) is 12.1 Å². The zero-order valence-corrected chi connectivity index (χ0v) is 8.40. The largest absolute Gasteiger partial charge is 0.399 e. The van der Waals surface area contributed by atoms with E-state index in [0.29, 0.717) is 0 Å². The van der Waals surface area contributed by atoms with Gasteiger partial charge in [0.25, 0.3) is 0 Å². The molecule has 0 aliphatic heterocycles. The van der Waals surface area contributed by atoms with E-state index in [1.165, 1.54) is 5.56 Å². The highest BCUT2D eigenvalue weighted by molar-refractivity contribution is 8.30. The van der Waals surface area contributed by atoms with Gasteiger partial charge in [0, 0.05) is 11.4 Å². The van der Waals surface area contributed by atoms with Gasteiger partial charge in [-0.15, -0.1) is 0 Å². The van der Waals surface area contributed by atoms with Crippen molar-refractivity contribution in [2.24, 2.45) is 5.14 Å². The number of hydrogen-bond donors (Lipinski definition) is 2. The van der Waals surface area contributed by atoms with E-state index in [4.69, 9.17) is 10.9 Å². The predicted molar refractivity (Wildman–Crippen MR) is 58.2 cm³/mol.